The molecule has 2 aromatic carbocycles. The number of aryl methyl sites for hydroxylation is 1. The van der Waals surface area contributed by atoms with Crippen LogP contribution in [0.5, 0.6) is 0 Å². The van der Waals surface area contributed by atoms with E-state index in [4.69, 9.17) is 11.6 Å². The number of thioether (sulfide) groups is 1. The fraction of sp³-hybridized carbons (Fsp3) is 0.250. The molecule has 1 heterocycles. The van der Waals surface area contributed by atoms with Crippen molar-refractivity contribution in [1.29, 1.82) is 0 Å². The molecule has 0 saturated carbocycles. The molecular weight excluding hydrogens is 274 g/mol. The maximum absolute atomic E-state index is 6.27. The van der Waals surface area contributed by atoms with E-state index in [-0.39, 0.29) is 0 Å². The van der Waals surface area contributed by atoms with E-state index in [1.807, 2.05) is 23.9 Å². The summed E-state index contributed by atoms with van der Waals surface area (Å²) >= 11 is 8.24. The van der Waals surface area contributed by atoms with Gasteiger partial charge < -0.3 is 5.32 Å². The normalized spacial score (nSPS) is 17.9. The molecule has 0 fully saturated rings. The van der Waals surface area contributed by atoms with E-state index in [9.17, 15) is 0 Å². The molecule has 2 aromatic rings. The summed E-state index contributed by atoms with van der Waals surface area (Å²) in [5.41, 5.74) is 5.09. The first-order valence-electron chi connectivity index (χ1n) is 6.42. The highest BCUT2D eigenvalue weighted by Gasteiger charge is 2.20. The molecule has 98 valence electrons. The van der Waals surface area contributed by atoms with Crippen LogP contribution in [-0.4, -0.2) is 5.75 Å². The molecule has 0 bridgehead atoms. The first kappa shape index (κ1) is 12.9. The van der Waals surface area contributed by atoms with Gasteiger partial charge in [0.1, 0.15) is 0 Å². The Morgan fingerprint density at radius 1 is 1.21 bits per heavy atom. The van der Waals surface area contributed by atoms with Crippen molar-refractivity contribution in [3.63, 3.8) is 0 Å². The highest BCUT2D eigenvalue weighted by atomic mass is 35.5. The molecule has 0 saturated heterocycles. The minimum atomic E-state index is 0.342. The summed E-state index contributed by atoms with van der Waals surface area (Å²) in [5.74, 6) is 2.19. The summed E-state index contributed by atoms with van der Waals surface area (Å²) < 4.78 is 0. The monoisotopic (exact) mass is 289 g/mol. The predicted octanol–water partition coefficient (Wildman–Crippen LogP) is 5.05. The standard InChI is InChI=1S/C16H16ClNS/c1-11-6-7-14(17)15(8-11)18-16-10-19-9-12-4-2-3-5-13(12)16/h2-8,16,18H,9-10H2,1H3. The van der Waals surface area contributed by atoms with Crippen LogP contribution in [-0.2, 0) is 5.75 Å². The van der Waals surface area contributed by atoms with E-state index in [1.165, 1.54) is 16.7 Å². The summed E-state index contributed by atoms with van der Waals surface area (Å²) in [6.07, 6.45) is 0. The molecule has 1 N–H and O–H groups in total. The molecule has 1 unspecified atom stereocenters. The average molecular weight is 290 g/mol. The zero-order valence-corrected chi connectivity index (χ0v) is 12.4. The summed E-state index contributed by atoms with van der Waals surface area (Å²) in [6, 6.07) is 15.1. The summed E-state index contributed by atoms with van der Waals surface area (Å²) in [4.78, 5) is 0. The Balaban J connectivity index is 1.90. The van der Waals surface area contributed by atoms with E-state index in [0.29, 0.717) is 6.04 Å². The number of rotatable bonds is 2. The van der Waals surface area contributed by atoms with Gasteiger partial charge in [0.25, 0.3) is 0 Å². The van der Waals surface area contributed by atoms with Crippen molar-refractivity contribution in [2.75, 3.05) is 11.1 Å². The Bertz CT molecular complexity index is 597. The smallest absolute Gasteiger partial charge is 0.0637 e. The Hall–Kier alpha value is -1.12. The van der Waals surface area contributed by atoms with Gasteiger partial charge in [0.15, 0.2) is 0 Å². The van der Waals surface area contributed by atoms with E-state index in [0.717, 1.165) is 22.2 Å². The molecule has 1 aliphatic rings. The Labute approximate surface area is 123 Å². The number of benzene rings is 2. The van der Waals surface area contributed by atoms with Crippen LogP contribution in [0.15, 0.2) is 42.5 Å². The van der Waals surface area contributed by atoms with Crippen LogP contribution >= 0.6 is 23.4 Å². The van der Waals surface area contributed by atoms with Crippen molar-refractivity contribution >= 4 is 29.1 Å². The van der Waals surface area contributed by atoms with Gasteiger partial charge in [0.2, 0.25) is 0 Å². The van der Waals surface area contributed by atoms with Gasteiger partial charge in [-0.1, -0.05) is 41.9 Å². The van der Waals surface area contributed by atoms with Crippen molar-refractivity contribution < 1.29 is 0 Å². The first-order valence-corrected chi connectivity index (χ1v) is 7.95. The van der Waals surface area contributed by atoms with Crippen molar-refractivity contribution in [2.45, 2.75) is 18.7 Å². The number of anilines is 1. The Morgan fingerprint density at radius 2 is 2.05 bits per heavy atom. The largest absolute Gasteiger partial charge is 0.376 e. The minimum Gasteiger partial charge on any atom is -0.376 e. The van der Waals surface area contributed by atoms with Crippen LogP contribution in [0.3, 0.4) is 0 Å². The molecule has 1 nitrogen and oxygen atoms in total. The third-order valence-corrected chi connectivity index (χ3v) is 4.84. The van der Waals surface area contributed by atoms with Crippen LogP contribution in [0.25, 0.3) is 0 Å². The summed E-state index contributed by atoms with van der Waals surface area (Å²) in [5, 5.41) is 4.38. The predicted molar refractivity (Wildman–Crippen MR) is 85.2 cm³/mol. The number of hydrogen-bond donors (Lipinski definition) is 1. The third-order valence-electron chi connectivity index (χ3n) is 3.42. The van der Waals surface area contributed by atoms with Crippen molar-refractivity contribution in [3.8, 4) is 0 Å². The lowest BCUT2D eigenvalue weighted by Gasteiger charge is -2.27. The summed E-state index contributed by atoms with van der Waals surface area (Å²) in [7, 11) is 0. The molecule has 19 heavy (non-hydrogen) atoms. The minimum absolute atomic E-state index is 0.342. The highest BCUT2D eigenvalue weighted by molar-refractivity contribution is 7.98. The maximum Gasteiger partial charge on any atom is 0.0637 e. The fourth-order valence-corrected chi connectivity index (χ4v) is 3.71. The fourth-order valence-electron chi connectivity index (χ4n) is 2.44. The quantitative estimate of drug-likeness (QED) is 0.830. The molecule has 0 aliphatic carbocycles. The number of nitrogens with one attached hydrogen (secondary N) is 1. The average Bonchev–Trinajstić information content (AvgIpc) is 2.43. The molecule has 3 rings (SSSR count). The van der Waals surface area contributed by atoms with Crippen LogP contribution in [0, 0.1) is 6.92 Å². The first-order chi connectivity index (χ1) is 9.24. The van der Waals surface area contributed by atoms with Gasteiger partial charge in [-0.3, -0.25) is 0 Å². The third kappa shape index (κ3) is 2.75. The van der Waals surface area contributed by atoms with Gasteiger partial charge in [0.05, 0.1) is 16.8 Å². The SMILES string of the molecule is Cc1ccc(Cl)c(NC2CSCc3ccccc32)c1. The van der Waals surface area contributed by atoms with Gasteiger partial charge in [-0.25, -0.2) is 0 Å². The van der Waals surface area contributed by atoms with Crippen molar-refractivity contribution in [1.82, 2.24) is 0 Å². The Morgan fingerprint density at radius 3 is 2.95 bits per heavy atom. The van der Waals surface area contributed by atoms with E-state index < -0.39 is 0 Å². The number of hydrogen-bond acceptors (Lipinski definition) is 2. The molecule has 0 spiro atoms. The van der Waals surface area contributed by atoms with E-state index in [2.05, 4.69) is 42.6 Å². The van der Waals surface area contributed by atoms with Gasteiger partial charge in [0, 0.05) is 11.5 Å². The lowest BCUT2D eigenvalue weighted by Crippen LogP contribution is -2.18. The van der Waals surface area contributed by atoms with Crippen LogP contribution < -0.4 is 5.32 Å². The summed E-state index contributed by atoms with van der Waals surface area (Å²) in [6.45, 7) is 2.09. The van der Waals surface area contributed by atoms with Gasteiger partial charge in [-0.15, -0.1) is 0 Å². The zero-order chi connectivity index (χ0) is 13.2. The molecule has 1 atom stereocenters. The molecule has 0 radical (unpaired) electrons. The van der Waals surface area contributed by atoms with E-state index in [1.54, 1.807) is 0 Å². The van der Waals surface area contributed by atoms with E-state index >= 15 is 0 Å². The molecule has 3 heteroatoms. The highest BCUT2D eigenvalue weighted by Crippen LogP contribution is 2.35. The van der Waals surface area contributed by atoms with Crippen LogP contribution in [0.2, 0.25) is 5.02 Å². The molecule has 1 aliphatic heterocycles. The second kappa shape index (κ2) is 5.48. The molecular formula is C16H16ClNS. The van der Waals surface area contributed by atoms with Crippen LogP contribution in [0.4, 0.5) is 5.69 Å². The topological polar surface area (TPSA) is 12.0 Å². The molecule has 0 aromatic heterocycles. The lowest BCUT2D eigenvalue weighted by atomic mass is 10.0. The lowest BCUT2D eigenvalue weighted by molar-refractivity contribution is 0.871. The van der Waals surface area contributed by atoms with Gasteiger partial charge >= 0.3 is 0 Å². The number of fused-ring (bicyclic) bond motifs is 1. The van der Waals surface area contributed by atoms with Crippen LogP contribution in [0.1, 0.15) is 22.7 Å². The van der Waals surface area contributed by atoms with Crippen molar-refractivity contribution in [2.24, 2.45) is 0 Å². The molecule has 0 amide bonds. The van der Waals surface area contributed by atoms with Gasteiger partial charge in [-0.05, 0) is 35.7 Å². The maximum atomic E-state index is 6.27. The zero-order valence-electron chi connectivity index (χ0n) is 10.8. The second-order valence-electron chi connectivity index (χ2n) is 4.89. The van der Waals surface area contributed by atoms with Gasteiger partial charge in [-0.2, -0.15) is 11.8 Å². The number of halogens is 1. The second-order valence-corrected chi connectivity index (χ2v) is 6.33. The van der Waals surface area contributed by atoms with Crippen molar-refractivity contribution in [3.05, 3.63) is 64.2 Å². The Kier molecular flexibility index (Phi) is 3.72.